The summed E-state index contributed by atoms with van der Waals surface area (Å²) in [5, 5.41) is 12.7. The molecule has 2 heterocycles. The number of ether oxygens (including phenoxy) is 1. The molecule has 0 spiro atoms. The van der Waals surface area contributed by atoms with Crippen molar-refractivity contribution in [3.63, 3.8) is 0 Å². The summed E-state index contributed by atoms with van der Waals surface area (Å²) in [5.74, 6) is 1.17. The van der Waals surface area contributed by atoms with Crippen molar-refractivity contribution >= 4 is 34.3 Å². The Morgan fingerprint density at radius 2 is 1.91 bits per heavy atom. The predicted molar refractivity (Wildman–Crippen MR) is 126 cm³/mol. The van der Waals surface area contributed by atoms with Gasteiger partial charge in [-0.15, -0.1) is 10.2 Å². The molecule has 4 rings (SSSR count). The van der Waals surface area contributed by atoms with Crippen molar-refractivity contribution in [3.05, 3.63) is 58.9 Å². The number of carbonyl (C=O) groups excluding carboxylic acids is 1. The third-order valence-electron chi connectivity index (χ3n) is 5.39. The zero-order chi connectivity index (χ0) is 22.7. The lowest BCUT2D eigenvalue weighted by Gasteiger charge is -2.14. The summed E-state index contributed by atoms with van der Waals surface area (Å²) in [6, 6.07) is 14.7. The monoisotopic (exact) mass is 451 g/mol. The topological polar surface area (TPSA) is 90.5 Å². The molecule has 166 valence electrons. The normalized spacial score (nSPS) is 11.4. The zero-order valence-corrected chi connectivity index (χ0v) is 19.1. The minimum absolute atomic E-state index is 0.0501. The first-order valence-corrected chi connectivity index (χ1v) is 11.5. The van der Waals surface area contributed by atoms with E-state index in [0.717, 1.165) is 12.8 Å². The van der Waals surface area contributed by atoms with E-state index in [0.29, 0.717) is 33.3 Å². The summed E-state index contributed by atoms with van der Waals surface area (Å²) >= 11 is 1.30. The van der Waals surface area contributed by atoms with E-state index in [2.05, 4.69) is 29.4 Å². The van der Waals surface area contributed by atoms with E-state index >= 15 is 0 Å². The fraction of sp³-hybridized carbons (Fsp3) is 0.304. The Hall–Kier alpha value is -3.33. The Morgan fingerprint density at radius 3 is 2.66 bits per heavy atom. The highest BCUT2D eigenvalue weighted by atomic mass is 32.2. The van der Waals surface area contributed by atoms with Crippen LogP contribution < -0.4 is 15.6 Å². The summed E-state index contributed by atoms with van der Waals surface area (Å²) in [7, 11) is 1.58. The minimum Gasteiger partial charge on any atom is -0.497 e. The molecule has 0 aliphatic heterocycles. The van der Waals surface area contributed by atoms with Crippen molar-refractivity contribution in [2.24, 2.45) is 0 Å². The number of hydrogen-bond acceptors (Lipinski definition) is 6. The molecule has 0 fully saturated rings. The molecule has 4 aromatic rings. The number of rotatable bonds is 8. The number of carbonyl (C=O) groups is 1. The van der Waals surface area contributed by atoms with Crippen LogP contribution in [0.15, 0.2) is 58.5 Å². The molecule has 0 saturated carbocycles. The highest BCUT2D eigenvalue weighted by molar-refractivity contribution is 7.99. The molecule has 2 aromatic carbocycles. The van der Waals surface area contributed by atoms with Crippen LogP contribution in [0.3, 0.4) is 0 Å². The Kier molecular flexibility index (Phi) is 6.45. The number of fused-ring (bicyclic) bond motifs is 3. The predicted octanol–water partition coefficient (Wildman–Crippen LogP) is 3.44. The fourth-order valence-corrected chi connectivity index (χ4v) is 4.40. The molecule has 0 atom stereocenters. The van der Waals surface area contributed by atoms with Gasteiger partial charge < -0.3 is 10.1 Å². The molecule has 0 radical (unpaired) electrons. The summed E-state index contributed by atoms with van der Waals surface area (Å²) in [4.78, 5) is 25.8. The number of nitrogens with zero attached hydrogens (tertiary/aromatic N) is 4. The van der Waals surface area contributed by atoms with Gasteiger partial charge >= 0.3 is 0 Å². The Labute approximate surface area is 189 Å². The number of thioether (sulfide) groups is 1. The van der Waals surface area contributed by atoms with Crippen LogP contribution >= 0.6 is 11.8 Å². The van der Waals surface area contributed by atoms with Crippen LogP contribution in [-0.2, 0) is 4.79 Å². The van der Waals surface area contributed by atoms with Crippen LogP contribution in [0.25, 0.3) is 22.4 Å². The Balaban J connectivity index is 1.81. The average molecular weight is 452 g/mol. The third-order valence-corrected chi connectivity index (χ3v) is 6.32. The second-order valence-corrected chi connectivity index (χ2v) is 8.29. The standard InChI is InChI=1S/C23H25N5O3S/c1-4-15(5-2)24-20(29)14-32-23-26-25-22-27(16-9-8-10-17(13-16)31-3)21(30)18-11-6-7-12-19(18)28(22)23/h6-13,15H,4-5,14H2,1-3H3,(H,24,29). The van der Waals surface area contributed by atoms with Gasteiger partial charge in [-0.05, 0) is 37.1 Å². The van der Waals surface area contributed by atoms with Crippen LogP contribution in [0, 0.1) is 0 Å². The molecular formula is C23H25N5O3S. The van der Waals surface area contributed by atoms with Gasteiger partial charge in [-0.2, -0.15) is 0 Å². The van der Waals surface area contributed by atoms with E-state index in [1.54, 1.807) is 19.2 Å². The number of benzene rings is 2. The third kappa shape index (κ3) is 4.08. The lowest BCUT2D eigenvalue weighted by Crippen LogP contribution is -2.35. The molecule has 9 heteroatoms. The number of methoxy groups -OCH3 is 1. The van der Waals surface area contributed by atoms with Gasteiger partial charge in [0.1, 0.15) is 5.75 Å². The first kappa shape index (κ1) is 21.9. The quantitative estimate of drug-likeness (QED) is 0.413. The Bertz CT molecular complexity index is 1330. The second-order valence-electron chi connectivity index (χ2n) is 7.35. The van der Waals surface area contributed by atoms with Crippen LogP contribution in [0.4, 0.5) is 0 Å². The first-order valence-electron chi connectivity index (χ1n) is 10.5. The first-order chi connectivity index (χ1) is 15.6. The lowest BCUT2D eigenvalue weighted by molar-refractivity contribution is -0.119. The maximum Gasteiger partial charge on any atom is 0.267 e. The van der Waals surface area contributed by atoms with Crippen LogP contribution in [-0.4, -0.2) is 44.0 Å². The lowest BCUT2D eigenvalue weighted by atomic mass is 10.2. The van der Waals surface area contributed by atoms with E-state index in [1.165, 1.54) is 16.3 Å². The number of hydrogen-bond donors (Lipinski definition) is 1. The van der Waals surface area contributed by atoms with Crippen LogP contribution in [0.2, 0.25) is 0 Å². The van der Waals surface area contributed by atoms with E-state index in [-0.39, 0.29) is 23.3 Å². The second kappa shape index (κ2) is 9.44. The molecule has 2 aromatic heterocycles. The largest absolute Gasteiger partial charge is 0.497 e. The van der Waals surface area contributed by atoms with Gasteiger partial charge in [0.15, 0.2) is 5.16 Å². The van der Waals surface area contributed by atoms with Crippen molar-refractivity contribution in [1.29, 1.82) is 0 Å². The van der Waals surface area contributed by atoms with Crippen molar-refractivity contribution in [2.45, 2.75) is 37.9 Å². The summed E-state index contributed by atoms with van der Waals surface area (Å²) in [6.45, 7) is 4.11. The smallest absolute Gasteiger partial charge is 0.267 e. The van der Waals surface area contributed by atoms with Gasteiger partial charge in [0.05, 0.1) is 29.5 Å². The van der Waals surface area contributed by atoms with Crippen molar-refractivity contribution in [1.82, 2.24) is 24.5 Å². The molecule has 8 nitrogen and oxygen atoms in total. The van der Waals surface area contributed by atoms with Crippen molar-refractivity contribution in [3.8, 4) is 11.4 Å². The average Bonchev–Trinajstić information content (AvgIpc) is 3.25. The SMILES string of the molecule is CCC(CC)NC(=O)CSc1nnc2n(-c3cccc(OC)c3)c(=O)c3ccccc3n12. The summed E-state index contributed by atoms with van der Waals surface area (Å²) in [6.07, 6.45) is 1.77. The highest BCUT2D eigenvalue weighted by Crippen LogP contribution is 2.24. The zero-order valence-electron chi connectivity index (χ0n) is 18.2. The van der Waals surface area contributed by atoms with E-state index in [4.69, 9.17) is 4.74 Å². The summed E-state index contributed by atoms with van der Waals surface area (Å²) < 4.78 is 8.67. The van der Waals surface area contributed by atoms with Crippen LogP contribution in [0.1, 0.15) is 26.7 Å². The maximum atomic E-state index is 13.4. The molecule has 0 unspecified atom stereocenters. The molecule has 32 heavy (non-hydrogen) atoms. The number of amides is 1. The minimum atomic E-state index is -0.197. The van der Waals surface area contributed by atoms with E-state index < -0.39 is 0 Å². The fourth-order valence-electron chi connectivity index (χ4n) is 3.65. The molecular weight excluding hydrogens is 426 g/mol. The van der Waals surface area contributed by atoms with Gasteiger partial charge in [0, 0.05) is 12.1 Å². The Morgan fingerprint density at radius 1 is 1.12 bits per heavy atom. The number of nitrogens with one attached hydrogen (secondary N) is 1. The maximum absolute atomic E-state index is 13.4. The molecule has 0 aliphatic carbocycles. The van der Waals surface area contributed by atoms with Crippen molar-refractivity contribution < 1.29 is 9.53 Å². The highest BCUT2D eigenvalue weighted by Gasteiger charge is 2.19. The summed E-state index contributed by atoms with van der Waals surface area (Å²) in [5.41, 5.74) is 1.12. The molecule has 1 N–H and O–H groups in total. The van der Waals surface area contributed by atoms with E-state index in [1.807, 2.05) is 40.8 Å². The number of aromatic nitrogens is 4. The van der Waals surface area contributed by atoms with Gasteiger partial charge in [-0.25, -0.2) is 4.57 Å². The molecule has 0 bridgehead atoms. The van der Waals surface area contributed by atoms with Gasteiger partial charge in [-0.1, -0.05) is 43.8 Å². The van der Waals surface area contributed by atoms with Gasteiger partial charge in [-0.3, -0.25) is 14.0 Å². The molecule has 0 aliphatic rings. The molecule has 0 saturated heterocycles. The number of para-hydroxylation sites is 1. The van der Waals surface area contributed by atoms with Gasteiger partial charge in [0.2, 0.25) is 11.7 Å². The van der Waals surface area contributed by atoms with Crippen LogP contribution in [0.5, 0.6) is 5.75 Å². The van der Waals surface area contributed by atoms with Gasteiger partial charge in [0.25, 0.3) is 5.56 Å². The van der Waals surface area contributed by atoms with E-state index in [9.17, 15) is 9.59 Å². The van der Waals surface area contributed by atoms with Crippen molar-refractivity contribution in [2.75, 3.05) is 12.9 Å². The molecule has 1 amide bonds.